The van der Waals surface area contributed by atoms with E-state index in [-0.39, 0.29) is 6.10 Å². The van der Waals surface area contributed by atoms with Gasteiger partial charge in [0.1, 0.15) is 6.10 Å². The van der Waals surface area contributed by atoms with Crippen molar-refractivity contribution in [3.05, 3.63) is 21.3 Å². The lowest BCUT2D eigenvalue weighted by Gasteiger charge is -2.21. The van der Waals surface area contributed by atoms with Crippen LogP contribution >= 0.6 is 22.9 Å². The minimum Gasteiger partial charge on any atom is -0.385 e. The van der Waals surface area contributed by atoms with E-state index in [1.165, 1.54) is 24.2 Å². The highest BCUT2D eigenvalue weighted by Gasteiger charge is 2.37. The molecule has 0 spiro atoms. The first kappa shape index (κ1) is 11.4. The molecule has 1 aromatic heterocycles. The maximum Gasteiger partial charge on any atom is 0.115 e. The van der Waals surface area contributed by atoms with Gasteiger partial charge in [0.05, 0.1) is 10.4 Å². The molecule has 0 saturated heterocycles. The van der Waals surface area contributed by atoms with Gasteiger partial charge in [0, 0.05) is 11.5 Å². The van der Waals surface area contributed by atoms with Gasteiger partial charge in [0.2, 0.25) is 0 Å². The average molecular weight is 247 g/mol. The molecule has 2 atom stereocenters. The molecule has 0 amide bonds. The summed E-state index contributed by atoms with van der Waals surface area (Å²) in [5.41, 5.74) is 0. The third kappa shape index (κ3) is 2.72. The Hall–Kier alpha value is -0.0900. The monoisotopic (exact) mass is 246 g/mol. The Morgan fingerprint density at radius 2 is 2.33 bits per heavy atom. The Bertz CT molecular complexity index is 322. The Morgan fingerprint density at radius 3 is 2.80 bits per heavy atom. The zero-order valence-electron chi connectivity index (χ0n) is 8.65. The first-order chi connectivity index (χ1) is 7.22. The average Bonchev–Trinajstić information content (AvgIpc) is 2.96. The predicted molar refractivity (Wildman–Crippen MR) is 62.4 cm³/mol. The summed E-state index contributed by atoms with van der Waals surface area (Å²) < 4.78 is 6.32. The maximum atomic E-state index is 10.2. The third-order valence-corrected chi connectivity index (χ3v) is 3.94. The summed E-state index contributed by atoms with van der Waals surface area (Å²) >= 11 is 7.28. The van der Waals surface area contributed by atoms with Crippen LogP contribution in [0.25, 0.3) is 0 Å². The molecule has 0 aliphatic heterocycles. The van der Waals surface area contributed by atoms with Crippen molar-refractivity contribution in [1.29, 1.82) is 0 Å². The smallest absolute Gasteiger partial charge is 0.115 e. The van der Waals surface area contributed by atoms with Crippen LogP contribution in [-0.2, 0) is 4.74 Å². The summed E-state index contributed by atoms with van der Waals surface area (Å²) in [6.45, 7) is 2.61. The van der Waals surface area contributed by atoms with Crippen molar-refractivity contribution in [2.45, 2.75) is 32.0 Å². The van der Waals surface area contributed by atoms with E-state index in [0.29, 0.717) is 12.5 Å². The van der Waals surface area contributed by atoms with Gasteiger partial charge in [-0.1, -0.05) is 11.6 Å². The van der Waals surface area contributed by atoms with E-state index in [1.807, 2.05) is 19.1 Å². The Kier molecular flexibility index (Phi) is 3.67. The molecule has 2 nitrogen and oxygen atoms in total. The molecule has 1 aliphatic carbocycles. The van der Waals surface area contributed by atoms with Gasteiger partial charge in [0.25, 0.3) is 0 Å². The van der Waals surface area contributed by atoms with Crippen LogP contribution in [-0.4, -0.2) is 17.8 Å². The number of hydrogen-bond donors (Lipinski definition) is 1. The lowest BCUT2D eigenvalue weighted by Crippen LogP contribution is -2.23. The van der Waals surface area contributed by atoms with Crippen molar-refractivity contribution in [3.63, 3.8) is 0 Å². The Balaban J connectivity index is 2.06. The highest BCUT2D eigenvalue weighted by molar-refractivity contribution is 7.16. The van der Waals surface area contributed by atoms with Crippen LogP contribution < -0.4 is 0 Å². The van der Waals surface area contributed by atoms with Crippen molar-refractivity contribution in [2.75, 3.05) is 6.61 Å². The van der Waals surface area contributed by atoms with E-state index in [9.17, 15) is 5.11 Å². The summed E-state index contributed by atoms with van der Waals surface area (Å²) in [6.07, 6.45) is 1.77. The summed E-state index contributed by atoms with van der Waals surface area (Å²) in [6, 6.07) is 3.70. The summed E-state index contributed by atoms with van der Waals surface area (Å²) in [5.74, 6) is 0.529. The summed E-state index contributed by atoms with van der Waals surface area (Å²) in [4.78, 5) is 0.908. The second kappa shape index (κ2) is 4.83. The molecule has 0 bridgehead atoms. The van der Waals surface area contributed by atoms with Crippen molar-refractivity contribution in [1.82, 2.24) is 0 Å². The van der Waals surface area contributed by atoms with Crippen molar-refractivity contribution >= 4 is 22.9 Å². The molecule has 1 aromatic rings. The molecule has 2 rings (SSSR count). The minimum absolute atomic E-state index is 0.0512. The first-order valence-corrected chi connectivity index (χ1v) is 6.46. The van der Waals surface area contributed by atoms with E-state index in [2.05, 4.69) is 0 Å². The lowest BCUT2D eigenvalue weighted by atomic mass is 10.1. The van der Waals surface area contributed by atoms with Crippen LogP contribution in [0.3, 0.4) is 0 Å². The van der Waals surface area contributed by atoms with Crippen molar-refractivity contribution in [3.8, 4) is 0 Å². The topological polar surface area (TPSA) is 29.5 Å². The van der Waals surface area contributed by atoms with E-state index in [4.69, 9.17) is 16.3 Å². The molecule has 1 N–H and O–H groups in total. The number of thiophene rings is 1. The quantitative estimate of drug-likeness (QED) is 0.864. The Morgan fingerprint density at radius 1 is 1.60 bits per heavy atom. The summed E-state index contributed by atoms with van der Waals surface area (Å²) in [7, 11) is 0. The van der Waals surface area contributed by atoms with Crippen LogP contribution in [0.15, 0.2) is 12.1 Å². The molecular formula is C11H15ClO2S. The van der Waals surface area contributed by atoms with Crippen LogP contribution in [0.5, 0.6) is 0 Å². The maximum absolute atomic E-state index is 10.2. The van der Waals surface area contributed by atoms with Crippen LogP contribution in [0, 0.1) is 5.92 Å². The molecule has 1 heterocycles. The second-order valence-corrected chi connectivity index (χ2v) is 5.59. The van der Waals surface area contributed by atoms with E-state index in [0.717, 1.165) is 9.21 Å². The normalized spacial score (nSPS) is 20.2. The molecule has 0 aromatic carbocycles. The van der Waals surface area contributed by atoms with Crippen LogP contribution in [0.2, 0.25) is 4.34 Å². The van der Waals surface area contributed by atoms with Crippen molar-refractivity contribution < 1.29 is 9.84 Å². The third-order valence-electron chi connectivity index (χ3n) is 2.64. The lowest BCUT2D eigenvalue weighted by molar-refractivity contribution is -0.0447. The van der Waals surface area contributed by atoms with Gasteiger partial charge in [-0.05, 0) is 37.8 Å². The molecule has 1 aliphatic rings. The van der Waals surface area contributed by atoms with Gasteiger partial charge in [0.15, 0.2) is 0 Å². The van der Waals surface area contributed by atoms with E-state index in [1.54, 1.807) is 0 Å². The number of ether oxygens (including phenoxy) is 1. The minimum atomic E-state index is -0.519. The molecule has 84 valence electrons. The number of halogens is 1. The number of rotatable bonds is 5. The molecule has 1 fully saturated rings. The van der Waals surface area contributed by atoms with Gasteiger partial charge in [-0.3, -0.25) is 0 Å². The fraction of sp³-hybridized carbons (Fsp3) is 0.636. The predicted octanol–water partition coefficient (Wildman–Crippen LogP) is 3.25. The first-order valence-electron chi connectivity index (χ1n) is 5.27. The highest BCUT2D eigenvalue weighted by atomic mass is 35.5. The molecule has 15 heavy (non-hydrogen) atoms. The molecular weight excluding hydrogens is 232 g/mol. The van der Waals surface area contributed by atoms with Crippen LogP contribution in [0.4, 0.5) is 0 Å². The standard InChI is InChI=1S/C11H15ClO2S/c1-2-14-11(7-3-4-7)10(13)8-5-6-9(12)15-8/h5-7,10-11,13H,2-4H2,1H3. The summed E-state index contributed by atoms with van der Waals surface area (Å²) in [5, 5.41) is 10.2. The van der Waals surface area contributed by atoms with E-state index >= 15 is 0 Å². The second-order valence-electron chi connectivity index (χ2n) is 3.84. The molecule has 1 saturated carbocycles. The van der Waals surface area contributed by atoms with E-state index < -0.39 is 6.10 Å². The fourth-order valence-electron chi connectivity index (χ4n) is 1.75. The molecule has 0 radical (unpaired) electrons. The number of hydrogen-bond acceptors (Lipinski definition) is 3. The zero-order valence-corrected chi connectivity index (χ0v) is 10.2. The van der Waals surface area contributed by atoms with Gasteiger partial charge >= 0.3 is 0 Å². The van der Waals surface area contributed by atoms with Gasteiger partial charge in [-0.15, -0.1) is 11.3 Å². The molecule has 2 unspecified atom stereocenters. The highest BCUT2D eigenvalue weighted by Crippen LogP contribution is 2.41. The van der Waals surface area contributed by atoms with Crippen LogP contribution in [0.1, 0.15) is 30.7 Å². The van der Waals surface area contributed by atoms with Gasteiger partial charge in [-0.2, -0.15) is 0 Å². The zero-order chi connectivity index (χ0) is 10.8. The largest absolute Gasteiger partial charge is 0.385 e. The van der Waals surface area contributed by atoms with Gasteiger partial charge < -0.3 is 9.84 Å². The Labute approximate surface area is 98.8 Å². The number of aliphatic hydroxyl groups excluding tert-OH is 1. The fourth-order valence-corrected chi connectivity index (χ4v) is 2.83. The SMILES string of the molecule is CCOC(C1CC1)C(O)c1ccc(Cl)s1. The van der Waals surface area contributed by atoms with Gasteiger partial charge in [-0.25, -0.2) is 0 Å². The van der Waals surface area contributed by atoms with Crippen molar-refractivity contribution in [2.24, 2.45) is 5.92 Å². The molecule has 4 heteroatoms. The number of aliphatic hydroxyl groups is 1.